The van der Waals surface area contributed by atoms with E-state index in [4.69, 9.17) is 4.74 Å². The van der Waals surface area contributed by atoms with Crippen LogP contribution >= 0.6 is 0 Å². The second-order valence-corrected chi connectivity index (χ2v) is 11.1. The van der Waals surface area contributed by atoms with Crippen LogP contribution in [0.3, 0.4) is 0 Å². The Labute approximate surface area is 195 Å². The van der Waals surface area contributed by atoms with Crippen molar-refractivity contribution in [1.29, 1.82) is 0 Å². The van der Waals surface area contributed by atoms with Gasteiger partial charge in [-0.1, -0.05) is 45.8 Å². The van der Waals surface area contributed by atoms with Gasteiger partial charge in [0.15, 0.2) is 11.4 Å². The highest BCUT2D eigenvalue weighted by molar-refractivity contribution is 6.02. The van der Waals surface area contributed by atoms with Gasteiger partial charge in [-0.25, -0.2) is 0 Å². The molecule has 3 saturated carbocycles. The Hall–Kier alpha value is -2.08. The number of carbonyl (C=O) groups excluding carboxylic acids is 4. The largest absolute Gasteiger partial charge is 0.450 e. The summed E-state index contributed by atoms with van der Waals surface area (Å²) in [7, 11) is 0. The number of esters is 1. The molecular weight excluding hydrogens is 420 g/mol. The maximum Gasteiger partial charge on any atom is 0.306 e. The molecule has 180 valence electrons. The van der Waals surface area contributed by atoms with Gasteiger partial charge in [0.05, 0.1) is 0 Å². The number of unbranched alkanes of at least 4 members (excludes halogenated alkanes) is 1. The van der Waals surface area contributed by atoms with Crippen LogP contribution in [0.5, 0.6) is 0 Å². The van der Waals surface area contributed by atoms with Gasteiger partial charge in [-0.3, -0.25) is 19.2 Å². The monoisotopic (exact) mass is 456 g/mol. The van der Waals surface area contributed by atoms with E-state index in [1.165, 1.54) is 0 Å². The van der Waals surface area contributed by atoms with E-state index in [1.807, 2.05) is 26.8 Å². The normalized spacial score (nSPS) is 41.7. The number of hydrogen-bond donors (Lipinski definition) is 1. The molecule has 3 fully saturated rings. The Morgan fingerprint density at radius 3 is 2.64 bits per heavy atom. The molecule has 0 aliphatic heterocycles. The summed E-state index contributed by atoms with van der Waals surface area (Å²) in [6.07, 6.45) is 9.15. The number of aliphatic hydroxyl groups is 1. The SMILES string of the molecule is CCCCC(=O)O[C@]1(C(=O)CO)[C@@H](C)C[C@H]2[C@@H]3CCC4=CC(=O)C=C[C@]4(C)[C@H]3C(=O)C[C@@]21C. The fourth-order valence-electron chi connectivity index (χ4n) is 7.89. The summed E-state index contributed by atoms with van der Waals surface area (Å²) in [5.74, 6) is -1.43. The van der Waals surface area contributed by atoms with E-state index in [2.05, 4.69) is 6.92 Å². The van der Waals surface area contributed by atoms with Crippen LogP contribution < -0.4 is 0 Å². The Morgan fingerprint density at radius 1 is 1.24 bits per heavy atom. The second-order valence-electron chi connectivity index (χ2n) is 11.1. The number of carbonyl (C=O) groups is 4. The summed E-state index contributed by atoms with van der Waals surface area (Å²) in [5, 5.41) is 9.92. The Bertz CT molecular complexity index is 946. The van der Waals surface area contributed by atoms with E-state index < -0.39 is 34.8 Å². The number of ketones is 3. The molecule has 4 rings (SSSR count). The Kier molecular flexibility index (Phi) is 6.05. The van der Waals surface area contributed by atoms with Crippen LogP contribution in [-0.2, 0) is 23.9 Å². The van der Waals surface area contributed by atoms with E-state index in [9.17, 15) is 24.3 Å². The number of ether oxygens (including phenoxy) is 1. The third-order valence-electron chi connectivity index (χ3n) is 9.36. The number of aliphatic hydroxyl groups excluding tert-OH is 1. The van der Waals surface area contributed by atoms with Gasteiger partial charge in [0, 0.05) is 35.5 Å². The number of allylic oxidation sites excluding steroid dienone is 4. The molecule has 4 aliphatic rings. The van der Waals surface area contributed by atoms with Crippen molar-refractivity contribution in [3.05, 3.63) is 23.8 Å². The van der Waals surface area contributed by atoms with E-state index in [1.54, 1.807) is 12.2 Å². The Morgan fingerprint density at radius 2 is 1.97 bits per heavy atom. The van der Waals surface area contributed by atoms with Gasteiger partial charge >= 0.3 is 5.97 Å². The predicted molar refractivity (Wildman–Crippen MR) is 122 cm³/mol. The maximum absolute atomic E-state index is 13.8. The molecule has 0 unspecified atom stereocenters. The van der Waals surface area contributed by atoms with Crippen LogP contribution in [0.15, 0.2) is 23.8 Å². The smallest absolute Gasteiger partial charge is 0.306 e. The first-order valence-corrected chi connectivity index (χ1v) is 12.4. The first-order chi connectivity index (χ1) is 15.5. The van der Waals surface area contributed by atoms with Crippen LogP contribution in [0.1, 0.15) is 72.6 Å². The third-order valence-corrected chi connectivity index (χ3v) is 9.36. The van der Waals surface area contributed by atoms with Crippen molar-refractivity contribution >= 4 is 23.3 Å². The highest BCUT2D eigenvalue weighted by atomic mass is 16.6. The predicted octanol–water partition coefficient (Wildman–Crippen LogP) is 3.75. The highest BCUT2D eigenvalue weighted by Gasteiger charge is 2.72. The lowest BCUT2D eigenvalue weighted by Crippen LogP contribution is -2.63. The lowest BCUT2D eigenvalue weighted by Gasteiger charge is -2.57. The van der Waals surface area contributed by atoms with Gasteiger partial charge in [-0.15, -0.1) is 0 Å². The van der Waals surface area contributed by atoms with Crippen LogP contribution in [0.2, 0.25) is 0 Å². The van der Waals surface area contributed by atoms with E-state index in [0.29, 0.717) is 12.8 Å². The van der Waals surface area contributed by atoms with Crippen molar-refractivity contribution in [2.75, 3.05) is 6.61 Å². The first-order valence-electron chi connectivity index (χ1n) is 12.4. The molecule has 4 aliphatic carbocycles. The lowest BCUT2D eigenvalue weighted by atomic mass is 9.46. The molecule has 0 radical (unpaired) electrons. The summed E-state index contributed by atoms with van der Waals surface area (Å²) in [6, 6.07) is 0. The number of fused-ring (bicyclic) bond motifs is 5. The maximum atomic E-state index is 13.8. The molecule has 0 aromatic rings. The van der Waals surface area contributed by atoms with Crippen molar-refractivity contribution in [1.82, 2.24) is 0 Å². The van der Waals surface area contributed by atoms with Crippen LogP contribution in [-0.4, -0.2) is 40.6 Å². The molecule has 0 aromatic heterocycles. The van der Waals surface area contributed by atoms with Gasteiger partial charge in [-0.2, -0.15) is 0 Å². The van der Waals surface area contributed by atoms with Crippen LogP contribution in [0, 0.1) is 34.5 Å². The highest BCUT2D eigenvalue weighted by Crippen LogP contribution is 2.68. The van der Waals surface area contributed by atoms with Gasteiger partial charge in [0.2, 0.25) is 5.78 Å². The second kappa shape index (κ2) is 8.30. The third kappa shape index (κ3) is 3.31. The minimum absolute atomic E-state index is 0.00841. The van der Waals surface area contributed by atoms with E-state index in [-0.39, 0.29) is 48.1 Å². The summed E-state index contributed by atoms with van der Waals surface area (Å²) in [5.41, 5.74) is -1.84. The standard InChI is InChI=1S/C27H36O6/c1-5-6-7-23(32)33-27(22(31)15-28)16(2)12-20-19-9-8-17-13-18(29)10-11-25(17,3)24(19)21(30)14-26(20,27)4/h10-11,13,16,19-20,24,28H,5-9,12,14-15H2,1-4H3/t16-,19-,20-,24+,25-,26-,27-/m0/s1. The molecule has 0 saturated heterocycles. The molecule has 0 spiro atoms. The van der Waals surface area contributed by atoms with Gasteiger partial charge < -0.3 is 9.84 Å². The van der Waals surface area contributed by atoms with E-state index >= 15 is 0 Å². The lowest BCUT2D eigenvalue weighted by molar-refractivity contribution is -0.196. The fourth-order valence-corrected chi connectivity index (χ4v) is 7.89. The Balaban J connectivity index is 1.76. The first kappa shape index (κ1) is 24.1. The molecule has 0 heterocycles. The minimum atomic E-state index is -1.49. The minimum Gasteiger partial charge on any atom is -0.450 e. The number of rotatable bonds is 6. The van der Waals surface area contributed by atoms with Gasteiger partial charge in [0.25, 0.3) is 0 Å². The molecule has 0 bridgehead atoms. The molecule has 0 aromatic carbocycles. The van der Waals surface area contributed by atoms with Crippen LogP contribution in [0.25, 0.3) is 0 Å². The summed E-state index contributed by atoms with van der Waals surface area (Å²) < 4.78 is 6.04. The number of Topliss-reactive ketones (excluding diaryl/α,β-unsaturated/α-hetero) is 2. The molecule has 6 nitrogen and oxygen atoms in total. The molecule has 6 heteroatoms. The van der Waals surface area contributed by atoms with Gasteiger partial charge in [0.1, 0.15) is 12.4 Å². The fraction of sp³-hybridized carbons (Fsp3) is 0.704. The average molecular weight is 457 g/mol. The zero-order chi connectivity index (χ0) is 24.2. The zero-order valence-corrected chi connectivity index (χ0v) is 20.2. The zero-order valence-electron chi connectivity index (χ0n) is 20.2. The van der Waals surface area contributed by atoms with E-state index in [0.717, 1.165) is 24.8 Å². The molecule has 33 heavy (non-hydrogen) atoms. The summed E-state index contributed by atoms with van der Waals surface area (Å²) in [6.45, 7) is 7.15. The van der Waals surface area contributed by atoms with Crippen LogP contribution in [0.4, 0.5) is 0 Å². The van der Waals surface area contributed by atoms with Crippen molar-refractivity contribution in [2.24, 2.45) is 34.5 Å². The number of hydrogen-bond acceptors (Lipinski definition) is 6. The van der Waals surface area contributed by atoms with Crippen molar-refractivity contribution in [3.8, 4) is 0 Å². The van der Waals surface area contributed by atoms with Crippen molar-refractivity contribution < 1.29 is 29.0 Å². The van der Waals surface area contributed by atoms with Gasteiger partial charge in [-0.05, 0) is 49.7 Å². The molecule has 1 N–H and O–H groups in total. The summed E-state index contributed by atoms with van der Waals surface area (Å²) in [4.78, 5) is 51.9. The van der Waals surface area contributed by atoms with Crippen molar-refractivity contribution in [3.63, 3.8) is 0 Å². The van der Waals surface area contributed by atoms with Crippen molar-refractivity contribution in [2.45, 2.75) is 78.2 Å². The topological polar surface area (TPSA) is 97.7 Å². The quantitative estimate of drug-likeness (QED) is 0.611. The summed E-state index contributed by atoms with van der Waals surface area (Å²) >= 11 is 0. The molecule has 7 atom stereocenters. The molecule has 0 amide bonds. The molecular formula is C27H36O6. The average Bonchev–Trinajstić information content (AvgIpc) is 2.99.